The minimum atomic E-state index is 0. The summed E-state index contributed by atoms with van der Waals surface area (Å²) in [5.74, 6) is 0. The van der Waals surface area contributed by atoms with Crippen LogP contribution in [-0.4, -0.2) is 17.4 Å². The van der Waals surface area contributed by atoms with Crippen LogP contribution in [0.4, 0.5) is 0 Å². The summed E-state index contributed by atoms with van der Waals surface area (Å²) < 4.78 is 0. The van der Waals surface area contributed by atoms with E-state index in [-0.39, 0.29) is 34.4 Å². The van der Waals surface area contributed by atoms with Gasteiger partial charge in [-0.25, -0.2) is 0 Å². The van der Waals surface area contributed by atoms with Crippen LogP contribution in [0.25, 0.3) is 0 Å². The molecule has 0 bridgehead atoms. The van der Waals surface area contributed by atoms with Crippen LogP contribution >= 0.6 is 0 Å². The van der Waals surface area contributed by atoms with Crippen LogP contribution in [0.2, 0.25) is 0 Å². The summed E-state index contributed by atoms with van der Waals surface area (Å²) in [6.07, 6.45) is 0. The van der Waals surface area contributed by atoms with E-state index in [4.69, 9.17) is 71.0 Å². The molecule has 0 saturated heterocycles. The fraction of sp³-hybridized carbons (Fsp3) is 0. The average molecular weight is 239 g/mol. The van der Waals surface area contributed by atoms with Gasteiger partial charge in [0.25, 0.3) is 0 Å². The summed E-state index contributed by atoms with van der Waals surface area (Å²) in [4.78, 5) is 0. The van der Waals surface area contributed by atoms with Gasteiger partial charge in [0.15, 0.2) is 0 Å². The Bertz CT molecular complexity index is 97.3. The zero-order valence-corrected chi connectivity index (χ0v) is 8.87. The van der Waals surface area contributed by atoms with E-state index < -0.39 is 0 Å². The Labute approximate surface area is 105 Å². The average Bonchev–Trinajstić information content (AvgIpc) is 2.33. The molecule has 1 radical (unpaired) electrons. The Hall–Kier alpha value is -2.01. The summed E-state index contributed by atoms with van der Waals surface area (Å²) in [6.45, 7) is 28.5. The van der Waals surface area contributed by atoms with E-state index in [9.17, 15) is 0 Å². The molecule has 0 aliphatic rings. The summed E-state index contributed by atoms with van der Waals surface area (Å²) in [6, 6.07) is 0. The summed E-state index contributed by atoms with van der Waals surface area (Å²) >= 11 is 0. The molecule has 0 fully saturated rings. The molecule has 0 aromatic heterocycles. The molecule has 65 valence electrons. The Morgan fingerprint density at radius 1 is 0.357 bits per heavy atom. The Morgan fingerprint density at radius 3 is 0.357 bits per heavy atom. The first-order valence-corrected chi connectivity index (χ1v) is 1.34. The molecule has 0 aromatic rings. The fourth-order valence-corrected chi connectivity index (χ4v) is 0. The Balaban J connectivity index is -0.00000000500. The maximum atomic E-state index is 6.25. The van der Waals surface area contributed by atoms with Crippen LogP contribution < -0.4 is 0 Å². The third-order valence-electron chi connectivity index (χ3n) is 0. The molecule has 14 heavy (non-hydrogen) atoms. The van der Waals surface area contributed by atoms with Crippen molar-refractivity contribution in [2.24, 2.45) is 0 Å². The van der Waals surface area contributed by atoms with Crippen molar-refractivity contribution in [1.29, 1.82) is 31.6 Å². The molecule has 6 nitrogen and oxygen atoms in total. The van der Waals surface area contributed by atoms with Gasteiger partial charge in [0.2, 0.25) is 0 Å². The second-order valence-electron chi connectivity index (χ2n) is 0. The van der Waals surface area contributed by atoms with Crippen LogP contribution in [0.1, 0.15) is 0 Å². The standard InChI is InChI=1S/6CN.Al.Fe/c6*1-2;;/q6*-1;2*+3. The van der Waals surface area contributed by atoms with Crippen LogP contribution in [-0.2, 0) is 17.1 Å². The Morgan fingerprint density at radius 2 is 0.357 bits per heavy atom. The number of nitrogens with zero attached hydrogens (tertiary/aromatic N) is 6. The molecule has 0 rings (SSSR count). The van der Waals surface area contributed by atoms with E-state index in [1.54, 1.807) is 0 Å². The second-order valence-corrected chi connectivity index (χ2v) is 0. The van der Waals surface area contributed by atoms with Crippen molar-refractivity contribution in [3.8, 4) is 0 Å². The van der Waals surface area contributed by atoms with Gasteiger partial charge in [0, 0.05) is 0 Å². The van der Waals surface area contributed by atoms with Gasteiger partial charge in [0.05, 0.1) is 0 Å². The predicted octanol–water partition coefficient (Wildman–Crippen LogP) is 0.195. The minimum absolute atomic E-state index is 0. The molecule has 0 heterocycles. The molecule has 0 aliphatic carbocycles. The first-order chi connectivity index (χ1) is 6.00. The van der Waals surface area contributed by atoms with E-state index in [1.165, 1.54) is 0 Å². The SMILES string of the molecule is [Al+3].[C-]#N.[C-]#N.[C-]#N.[C-]#N.[C-]#N.[C-]#N.[Fe+3]. The smallest absolute Gasteiger partial charge is 0.512 e. The van der Waals surface area contributed by atoms with Gasteiger partial charge >= 0.3 is 34.4 Å². The third-order valence-corrected chi connectivity index (χ3v) is 0. The molecule has 0 atom stereocenters. The van der Waals surface area contributed by atoms with E-state index in [1.807, 2.05) is 0 Å². The minimum Gasteiger partial charge on any atom is -0.512 e. The van der Waals surface area contributed by atoms with Crippen molar-refractivity contribution in [3.63, 3.8) is 0 Å². The van der Waals surface area contributed by atoms with Gasteiger partial charge in [-0.3, -0.25) is 0 Å². The zero-order valence-electron chi connectivity index (χ0n) is 6.61. The van der Waals surface area contributed by atoms with Crippen molar-refractivity contribution < 1.29 is 17.1 Å². The van der Waals surface area contributed by atoms with Crippen molar-refractivity contribution >= 4 is 17.4 Å². The van der Waals surface area contributed by atoms with Crippen LogP contribution in [0.15, 0.2) is 0 Å². The molecule has 0 spiro atoms. The van der Waals surface area contributed by atoms with Crippen molar-refractivity contribution in [3.05, 3.63) is 39.4 Å². The maximum Gasteiger partial charge on any atom is 3.00 e. The van der Waals surface area contributed by atoms with Crippen molar-refractivity contribution in [1.82, 2.24) is 0 Å². The first kappa shape index (κ1) is 90.9. The molecular formula is C6AlFeN6. The van der Waals surface area contributed by atoms with E-state index >= 15 is 0 Å². The van der Waals surface area contributed by atoms with Gasteiger partial charge in [-0.1, -0.05) is 0 Å². The van der Waals surface area contributed by atoms with Crippen LogP contribution in [0, 0.1) is 71.0 Å². The maximum absolute atomic E-state index is 6.25. The zero-order chi connectivity index (χ0) is 12.0. The third kappa shape index (κ3) is 200. The molecule has 0 aliphatic heterocycles. The quantitative estimate of drug-likeness (QED) is 0.436. The molecule has 8 heteroatoms. The van der Waals surface area contributed by atoms with Crippen LogP contribution in [0.5, 0.6) is 0 Å². The van der Waals surface area contributed by atoms with E-state index in [2.05, 4.69) is 0 Å². The number of hydrogen-bond acceptors (Lipinski definition) is 6. The Kier molecular flexibility index (Phi) is 1770. The molecule has 0 saturated carbocycles. The monoisotopic (exact) mass is 239 g/mol. The van der Waals surface area contributed by atoms with Crippen molar-refractivity contribution in [2.45, 2.75) is 0 Å². The van der Waals surface area contributed by atoms with Gasteiger partial charge in [0.1, 0.15) is 0 Å². The topological polar surface area (TPSA) is 143 Å². The largest absolute Gasteiger partial charge is 3.00 e. The van der Waals surface area contributed by atoms with Gasteiger partial charge < -0.3 is 71.0 Å². The van der Waals surface area contributed by atoms with Gasteiger partial charge in [-0.15, -0.1) is 0 Å². The van der Waals surface area contributed by atoms with E-state index in [0.717, 1.165) is 0 Å². The van der Waals surface area contributed by atoms with Gasteiger partial charge in [-0.05, 0) is 0 Å². The van der Waals surface area contributed by atoms with Gasteiger partial charge in [-0.2, -0.15) is 0 Å². The van der Waals surface area contributed by atoms with Crippen molar-refractivity contribution in [2.75, 3.05) is 0 Å². The van der Waals surface area contributed by atoms with Crippen LogP contribution in [0.3, 0.4) is 0 Å². The predicted molar refractivity (Wildman–Crippen MR) is 35.6 cm³/mol. The summed E-state index contributed by atoms with van der Waals surface area (Å²) in [7, 11) is 0. The fourth-order valence-electron chi connectivity index (χ4n) is 0. The molecule has 0 N–H and O–H groups in total. The molecule has 0 amide bonds. The molecule has 0 unspecified atom stereocenters. The van der Waals surface area contributed by atoms with E-state index in [0.29, 0.717) is 0 Å². The second kappa shape index (κ2) is 272. The molecule has 0 aromatic carbocycles. The normalized spacial score (nSPS) is 0.857. The summed E-state index contributed by atoms with van der Waals surface area (Å²) in [5.41, 5.74) is 0. The number of rotatable bonds is 0. The molecular weight excluding hydrogens is 239 g/mol. The number of hydrogen-bond donors (Lipinski definition) is 0. The first-order valence-electron chi connectivity index (χ1n) is 1.34. The summed E-state index contributed by atoms with van der Waals surface area (Å²) in [5, 5.41) is 37.5.